The van der Waals surface area contributed by atoms with Gasteiger partial charge in [-0.25, -0.2) is 0 Å². The predicted molar refractivity (Wildman–Crippen MR) is 54.4 cm³/mol. The number of hydrogen-bond donors (Lipinski definition) is 1. The normalized spacial score (nSPS) is 29.4. The molecule has 1 fully saturated rings. The molecule has 0 saturated carbocycles. The van der Waals surface area contributed by atoms with Crippen LogP contribution in [0.1, 0.15) is 18.0 Å². The molecule has 2 N–H and O–H groups in total. The molecule has 0 amide bonds. The summed E-state index contributed by atoms with van der Waals surface area (Å²) in [6.07, 6.45) is 1.11. The van der Waals surface area contributed by atoms with Crippen molar-refractivity contribution in [2.45, 2.75) is 18.5 Å². The van der Waals surface area contributed by atoms with Crippen LogP contribution in [0.2, 0.25) is 0 Å². The third kappa shape index (κ3) is 1.60. The first kappa shape index (κ1) is 8.73. The minimum atomic E-state index is 0.299. The Kier molecular flexibility index (Phi) is 2.34. The van der Waals surface area contributed by atoms with Crippen LogP contribution in [0.4, 0.5) is 0 Å². The van der Waals surface area contributed by atoms with Crippen LogP contribution in [-0.2, 0) is 0 Å². The van der Waals surface area contributed by atoms with Crippen LogP contribution in [0.15, 0.2) is 30.3 Å². The molecule has 0 unspecified atom stereocenters. The highest BCUT2D eigenvalue weighted by Crippen LogP contribution is 2.28. The van der Waals surface area contributed by atoms with Crippen LogP contribution >= 0.6 is 0 Å². The second-order valence-corrected chi connectivity index (χ2v) is 3.79. The van der Waals surface area contributed by atoms with Crippen LogP contribution in [0.25, 0.3) is 0 Å². The Morgan fingerprint density at radius 2 is 2.00 bits per heavy atom. The molecule has 0 bridgehead atoms. The van der Waals surface area contributed by atoms with E-state index >= 15 is 0 Å². The van der Waals surface area contributed by atoms with Crippen molar-refractivity contribution in [2.24, 2.45) is 5.73 Å². The second kappa shape index (κ2) is 3.48. The topological polar surface area (TPSA) is 29.3 Å². The van der Waals surface area contributed by atoms with Crippen molar-refractivity contribution < 1.29 is 0 Å². The van der Waals surface area contributed by atoms with Gasteiger partial charge in [-0.05, 0) is 19.0 Å². The fraction of sp³-hybridized carbons (Fsp3) is 0.455. The lowest BCUT2D eigenvalue weighted by molar-refractivity contribution is 0.304. The van der Waals surface area contributed by atoms with Gasteiger partial charge in [0.05, 0.1) is 0 Å². The molecule has 13 heavy (non-hydrogen) atoms. The van der Waals surface area contributed by atoms with E-state index in [0.29, 0.717) is 12.1 Å². The first-order valence-corrected chi connectivity index (χ1v) is 4.80. The van der Waals surface area contributed by atoms with Gasteiger partial charge in [-0.3, -0.25) is 4.90 Å². The molecule has 1 aromatic rings. The van der Waals surface area contributed by atoms with Crippen molar-refractivity contribution in [2.75, 3.05) is 13.6 Å². The van der Waals surface area contributed by atoms with E-state index in [1.54, 1.807) is 0 Å². The maximum absolute atomic E-state index is 6.06. The van der Waals surface area contributed by atoms with Gasteiger partial charge >= 0.3 is 0 Å². The zero-order chi connectivity index (χ0) is 9.26. The fourth-order valence-electron chi connectivity index (χ4n) is 2.13. The zero-order valence-corrected chi connectivity index (χ0v) is 7.98. The number of likely N-dealkylation sites (tertiary alicyclic amines) is 1. The van der Waals surface area contributed by atoms with Gasteiger partial charge in [-0.15, -0.1) is 0 Å². The Labute approximate surface area is 79.4 Å². The fourth-order valence-corrected chi connectivity index (χ4v) is 2.13. The molecular weight excluding hydrogens is 160 g/mol. The third-order valence-electron chi connectivity index (χ3n) is 2.84. The summed E-state index contributed by atoms with van der Waals surface area (Å²) in [5, 5.41) is 0. The molecule has 0 aromatic heterocycles. The quantitative estimate of drug-likeness (QED) is 0.700. The second-order valence-electron chi connectivity index (χ2n) is 3.79. The van der Waals surface area contributed by atoms with Gasteiger partial charge in [0, 0.05) is 18.6 Å². The average molecular weight is 176 g/mol. The van der Waals surface area contributed by atoms with E-state index in [1.165, 1.54) is 5.56 Å². The number of nitrogens with two attached hydrogens (primary N) is 1. The Hall–Kier alpha value is -0.860. The minimum absolute atomic E-state index is 0.299. The minimum Gasteiger partial charge on any atom is -0.326 e. The van der Waals surface area contributed by atoms with Gasteiger partial charge in [-0.1, -0.05) is 30.3 Å². The molecule has 0 aliphatic carbocycles. The molecule has 2 heteroatoms. The zero-order valence-electron chi connectivity index (χ0n) is 7.98. The highest BCUT2D eigenvalue weighted by Gasteiger charge is 2.29. The largest absolute Gasteiger partial charge is 0.326 e. The monoisotopic (exact) mass is 176 g/mol. The summed E-state index contributed by atoms with van der Waals surface area (Å²) >= 11 is 0. The highest BCUT2D eigenvalue weighted by atomic mass is 15.2. The Balaban J connectivity index is 2.25. The SMILES string of the molecule is CN1CC[C@H](N)[C@H]1c1ccccc1. The molecule has 2 atom stereocenters. The Bertz CT molecular complexity index is 261. The summed E-state index contributed by atoms with van der Waals surface area (Å²) in [6.45, 7) is 1.11. The summed E-state index contributed by atoms with van der Waals surface area (Å²) < 4.78 is 0. The molecule has 1 heterocycles. The summed E-state index contributed by atoms with van der Waals surface area (Å²) in [4.78, 5) is 2.33. The van der Waals surface area contributed by atoms with Crippen LogP contribution in [0.3, 0.4) is 0 Å². The van der Waals surface area contributed by atoms with E-state index in [1.807, 2.05) is 6.07 Å². The molecule has 1 aliphatic rings. The van der Waals surface area contributed by atoms with Gasteiger partial charge in [0.15, 0.2) is 0 Å². The lowest BCUT2D eigenvalue weighted by Gasteiger charge is -2.22. The molecule has 1 aromatic carbocycles. The van der Waals surface area contributed by atoms with Crippen molar-refractivity contribution in [3.05, 3.63) is 35.9 Å². The van der Waals surface area contributed by atoms with Crippen LogP contribution in [0, 0.1) is 0 Å². The van der Waals surface area contributed by atoms with Gasteiger partial charge in [0.25, 0.3) is 0 Å². The van der Waals surface area contributed by atoms with E-state index in [4.69, 9.17) is 5.73 Å². The number of rotatable bonds is 1. The van der Waals surface area contributed by atoms with Crippen molar-refractivity contribution >= 4 is 0 Å². The highest BCUT2D eigenvalue weighted by molar-refractivity contribution is 5.21. The molecule has 0 spiro atoms. The van der Waals surface area contributed by atoms with E-state index in [9.17, 15) is 0 Å². The van der Waals surface area contributed by atoms with Gasteiger partial charge < -0.3 is 5.73 Å². The van der Waals surface area contributed by atoms with Crippen molar-refractivity contribution in [1.82, 2.24) is 4.90 Å². The molecule has 1 saturated heterocycles. The molecule has 1 aliphatic heterocycles. The summed E-state index contributed by atoms with van der Waals surface area (Å²) in [5.74, 6) is 0. The van der Waals surface area contributed by atoms with Crippen LogP contribution < -0.4 is 5.73 Å². The number of benzene rings is 1. The maximum atomic E-state index is 6.06. The molecular formula is C11H16N2. The molecule has 2 nitrogen and oxygen atoms in total. The van der Waals surface area contributed by atoms with Gasteiger partial charge in [0.1, 0.15) is 0 Å². The number of likely N-dealkylation sites (N-methyl/N-ethyl adjacent to an activating group) is 1. The van der Waals surface area contributed by atoms with Crippen molar-refractivity contribution in [3.8, 4) is 0 Å². The van der Waals surface area contributed by atoms with E-state index < -0.39 is 0 Å². The van der Waals surface area contributed by atoms with Crippen molar-refractivity contribution in [3.63, 3.8) is 0 Å². The maximum Gasteiger partial charge on any atom is 0.0496 e. The van der Waals surface area contributed by atoms with Gasteiger partial charge in [-0.2, -0.15) is 0 Å². The predicted octanol–water partition coefficient (Wildman–Crippen LogP) is 1.39. The summed E-state index contributed by atoms with van der Waals surface area (Å²) in [5.41, 5.74) is 7.40. The Morgan fingerprint density at radius 3 is 2.54 bits per heavy atom. The first-order chi connectivity index (χ1) is 6.29. The number of nitrogens with zero attached hydrogens (tertiary/aromatic N) is 1. The van der Waals surface area contributed by atoms with Crippen LogP contribution in [0.5, 0.6) is 0 Å². The lowest BCUT2D eigenvalue weighted by Crippen LogP contribution is -2.29. The third-order valence-corrected chi connectivity index (χ3v) is 2.84. The molecule has 2 rings (SSSR count). The number of hydrogen-bond acceptors (Lipinski definition) is 2. The van der Waals surface area contributed by atoms with Crippen molar-refractivity contribution in [1.29, 1.82) is 0 Å². The van der Waals surface area contributed by atoms with Gasteiger partial charge in [0.2, 0.25) is 0 Å². The summed E-state index contributed by atoms with van der Waals surface area (Å²) in [6, 6.07) is 11.2. The van der Waals surface area contributed by atoms with E-state index in [2.05, 4.69) is 36.2 Å². The van der Waals surface area contributed by atoms with Crippen LogP contribution in [-0.4, -0.2) is 24.5 Å². The van der Waals surface area contributed by atoms with E-state index in [0.717, 1.165) is 13.0 Å². The molecule has 70 valence electrons. The standard InChI is InChI=1S/C11H16N2/c1-13-8-7-10(12)11(13)9-5-3-2-4-6-9/h2-6,10-11H,7-8,12H2,1H3/t10-,11+/m0/s1. The average Bonchev–Trinajstić information content (AvgIpc) is 2.48. The summed E-state index contributed by atoms with van der Waals surface area (Å²) in [7, 11) is 2.14. The molecule has 0 radical (unpaired) electrons. The Morgan fingerprint density at radius 1 is 1.31 bits per heavy atom. The first-order valence-electron chi connectivity index (χ1n) is 4.80. The van der Waals surface area contributed by atoms with E-state index in [-0.39, 0.29) is 0 Å². The lowest BCUT2D eigenvalue weighted by atomic mass is 10.0. The smallest absolute Gasteiger partial charge is 0.0496 e.